The Hall–Kier alpha value is -0.410. The van der Waals surface area contributed by atoms with Gasteiger partial charge in [0.1, 0.15) is 5.78 Å². The summed E-state index contributed by atoms with van der Waals surface area (Å²) in [7, 11) is 0. The van der Waals surface area contributed by atoms with Gasteiger partial charge in [0.2, 0.25) is 0 Å². The van der Waals surface area contributed by atoms with Gasteiger partial charge in [-0.3, -0.25) is 4.79 Å². The van der Waals surface area contributed by atoms with Gasteiger partial charge in [0.15, 0.2) is 0 Å². The van der Waals surface area contributed by atoms with Crippen molar-refractivity contribution in [3.8, 4) is 0 Å². The highest BCUT2D eigenvalue weighted by molar-refractivity contribution is 5.85. The molecule has 1 atom stereocenters. The molecule has 0 spiro atoms. The zero-order valence-electron chi connectivity index (χ0n) is 11.5. The molecule has 0 aromatic heterocycles. The van der Waals surface area contributed by atoms with Gasteiger partial charge in [-0.2, -0.15) is 0 Å². The Kier molecular flexibility index (Phi) is 5.19. The van der Waals surface area contributed by atoms with Gasteiger partial charge in [-0.15, -0.1) is 0 Å². The number of ether oxygens (including phenoxy) is 1. The molecule has 1 saturated heterocycles. The summed E-state index contributed by atoms with van der Waals surface area (Å²) in [4.78, 5) is 12.4. The third kappa shape index (κ3) is 3.33. The van der Waals surface area contributed by atoms with E-state index in [1.807, 2.05) is 0 Å². The molecule has 1 aliphatic heterocycles. The number of Topliss-reactive ketones (excluding diaryl/α,β-unsaturated/α-hetero) is 1. The molecule has 1 heterocycles. The first kappa shape index (κ1) is 14.0. The molecule has 18 heavy (non-hydrogen) atoms. The van der Waals surface area contributed by atoms with Crippen LogP contribution >= 0.6 is 0 Å². The van der Waals surface area contributed by atoms with Crippen LogP contribution in [0.4, 0.5) is 0 Å². The Labute approximate surface area is 110 Å². The molecule has 2 aliphatic rings. The van der Waals surface area contributed by atoms with Crippen LogP contribution in [0, 0.1) is 5.41 Å². The van der Waals surface area contributed by atoms with Crippen molar-refractivity contribution >= 4 is 5.78 Å². The van der Waals surface area contributed by atoms with Gasteiger partial charge >= 0.3 is 0 Å². The lowest BCUT2D eigenvalue weighted by molar-refractivity contribution is -0.130. The van der Waals surface area contributed by atoms with E-state index in [1.54, 1.807) is 0 Å². The largest absolute Gasteiger partial charge is 0.378 e. The first-order valence-electron chi connectivity index (χ1n) is 7.62. The van der Waals surface area contributed by atoms with Gasteiger partial charge in [0.25, 0.3) is 0 Å². The summed E-state index contributed by atoms with van der Waals surface area (Å²) in [6.07, 6.45) is 11.2. The third-order valence-electron chi connectivity index (χ3n) is 4.75. The highest BCUT2D eigenvalue weighted by Crippen LogP contribution is 2.37. The summed E-state index contributed by atoms with van der Waals surface area (Å²) < 4.78 is 5.60. The summed E-state index contributed by atoms with van der Waals surface area (Å²) in [5, 5.41) is 0. The number of ketones is 1. The molecule has 0 aromatic carbocycles. The van der Waals surface area contributed by atoms with Crippen LogP contribution in [0.2, 0.25) is 0 Å². The average Bonchev–Trinajstić information content (AvgIpc) is 2.92. The normalized spacial score (nSPS) is 27.3. The minimum atomic E-state index is -0.172. The zero-order valence-corrected chi connectivity index (χ0v) is 11.5. The lowest BCUT2D eigenvalue weighted by Gasteiger charge is -2.34. The predicted molar refractivity (Wildman–Crippen MR) is 72.4 cm³/mol. The summed E-state index contributed by atoms with van der Waals surface area (Å²) in [6, 6.07) is 0. The topological polar surface area (TPSA) is 52.3 Å². The van der Waals surface area contributed by atoms with E-state index in [9.17, 15) is 4.79 Å². The maximum absolute atomic E-state index is 12.4. The van der Waals surface area contributed by atoms with E-state index < -0.39 is 0 Å². The van der Waals surface area contributed by atoms with Crippen molar-refractivity contribution in [3.63, 3.8) is 0 Å². The Morgan fingerprint density at radius 2 is 2.00 bits per heavy atom. The van der Waals surface area contributed by atoms with E-state index in [0.717, 1.165) is 32.3 Å². The van der Waals surface area contributed by atoms with Crippen molar-refractivity contribution in [3.05, 3.63) is 0 Å². The highest BCUT2D eigenvalue weighted by atomic mass is 16.5. The lowest BCUT2D eigenvalue weighted by atomic mass is 9.70. The number of rotatable bonds is 6. The van der Waals surface area contributed by atoms with E-state index in [0.29, 0.717) is 24.9 Å². The summed E-state index contributed by atoms with van der Waals surface area (Å²) in [5.41, 5.74) is 5.72. The number of carbonyl (C=O) groups excluding carboxylic acids is 1. The highest BCUT2D eigenvalue weighted by Gasteiger charge is 2.37. The van der Waals surface area contributed by atoms with Gasteiger partial charge in [-0.25, -0.2) is 0 Å². The molecule has 104 valence electrons. The van der Waals surface area contributed by atoms with Crippen molar-refractivity contribution in [2.75, 3.05) is 13.2 Å². The van der Waals surface area contributed by atoms with Gasteiger partial charge in [-0.1, -0.05) is 19.3 Å². The second kappa shape index (κ2) is 6.67. The van der Waals surface area contributed by atoms with Crippen molar-refractivity contribution in [2.24, 2.45) is 11.1 Å². The third-order valence-corrected chi connectivity index (χ3v) is 4.75. The van der Waals surface area contributed by atoms with E-state index in [1.165, 1.54) is 32.1 Å². The van der Waals surface area contributed by atoms with E-state index in [-0.39, 0.29) is 5.41 Å². The fourth-order valence-electron chi connectivity index (χ4n) is 3.45. The van der Waals surface area contributed by atoms with Gasteiger partial charge in [-0.05, 0) is 38.5 Å². The zero-order chi connectivity index (χ0) is 12.8. The molecule has 3 heteroatoms. The van der Waals surface area contributed by atoms with E-state index in [4.69, 9.17) is 10.5 Å². The molecule has 0 amide bonds. The SMILES string of the molecule is NCC1(C(=O)CCCC2CCCO2)CCCCC1. The number of nitrogens with two attached hydrogens (primary N) is 1. The molecule has 0 radical (unpaired) electrons. The van der Waals surface area contributed by atoms with Crippen LogP contribution in [0.3, 0.4) is 0 Å². The molecule has 2 N–H and O–H groups in total. The molecule has 2 rings (SSSR count). The summed E-state index contributed by atoms with van der Waals surface area (Å²) in [5.74, 6) is 0.419. The molecule has 2 fully saturated rings. The maximum atomic E-state index is 12.4. The maximum Gasteiger partial charge on any atom is 0.140 e. The molecule has 1 aliphatic carbocycles. The van der Waals surface area contributed by atoms with Crippen LogP contribution in [0.15, 0.2) is 0 Å². The average molecular weight is 253 g/mol. The molecular weight excluding hydrogens is 226 g/mol. The van der Waals surface area contributed by atoms with Gasteiger partial charge in [0.05, 0.1) is 6.10 Å². The van der Waals surface area contributed by atoms with Crippen molar-refractivity contribution < 1.29 is 9.53 Å². The lowest BCUT2D eigenvalue weighted by Crippen LogP contribution is -2.40. The number of hydrogen-bond acceptors (Lipinski definition) is 3. The fraction of sp³-hybridized carbons (Fsp3) is 0.933. The predicted octanol–water partition coefficient (Wildman–Crippen LogP) is 2.81. The van der Waals surface area contributed by atoms with Crippen LogP contribution in [-0.4, -0.2) is 25.0 Å². The van der Waals surface area contributed by atoms with Gasteiger partial charge < -0.3 is 10.5 Å². The minimum absolute atomic E-state index is 0.172. The van der Waals surface area contributed by atoms with Crippen LogP contribution in [0.25, 0.3) is 0 Å². The molecular formula is C15H27NO2. The Bertz CT molecular complexity index is 266. The second-order valence-electron chi connectivity index (χ2n) is 6.00. The van der Waals surface area contributed by atoms with E-state index in [2.05, 4.69) is 0 Å². The quantitative estimate of drug-likeness (QED) is 0.792. The Balaban J connectivity index is 1.74. The van der Waals surface area contributed by atoms with Crippen molar-refractivity contribution in [1.82, 2.24) is 0 Å². The smallest absolute Gasteiger partial charge is 0.140 e. The van der Waals surface area contributed by atoms with Gasteiger partial charge in [0, 0.05) is 25.0 Å². The van der Waals surface area contributed by atoms with Crippen LogP contribution < -0.4 is 5.73 Å². The van der Waals surface area contributed by atoms with Crippen molar-refractivity contribution in [1.29, 1.82) is 0 Å². The molecule has 1 saturated carbocycles. The molecule has 0 aromatic rings. The van der Waals surface area contributed by atoms with Crippen LogP contribution in [-0.2, 0) is 9.53 Å². The second-order valence-corrected chi connectivity index (χ2v) is 6.00. The number of carbonyl (C=O) groups is 1. The van der Waals surface area contributed by atoms with Crippen LogP contribution in [0.1, 0.15) is 64.2 Å². The van der Waals surface area contributed by atoms with Crippen molar-refractivity contribution in [2.45, 2.75) is 70.3 Å². The number of hydrogen-bond donors (Lipinski definition) is 1. The summed E-state index contributed by atoms with van der Waals surface area (Å²) in [6.45, 7) is 1.46. The first-order valence-corrected chi connectivity index (χ1v) is 7.62. The fourth-order valence-corrected chi connectivity index (χ4v) is 3.45. The molecule has 1 unspecified atom stereocenters. The first-order chi connectivity index (χ1) is 8.77. The standard InChI is InChI=1S/C15H27NO2/c16-12-15(9-2-1-3-10-15)14(17)8-4-6-13-7-5-11-18-13/h13H,1-12,16H2. The molecule has 3 nitrogen and oxygen atoms in total. The molecule has 0 bridgehead atoms. The van der Waals surface area contributed by atoms with E-state index >= 15 is 0 Å². The Morgan fingerprint density at radius 3 is 2.61 bits per heavy atom. The monoisotopic (exact) mass is 253 g/mol. The Morgan fingerprint density at radius 1 is 1.22 bits per heavy atom. The summed E-state index contributed by atoms with van der Waals surface area (Å²) >= 11 is 0. The minimum Gasteiger partial charge on any atom is -0.378 e. The van der Waals surface area contributed by atoms with Crippen LogP contribution in [0.5, 0.6) is 0 Å².